The number of nitrogens with zero attached hydrogens (tertiary/aromatic N) is 1. The van der Waals surface area contributed by atoms with E-state index in [1.165, 1.54) is 4.31 Å². The van der Waals surface area contributed by atoms with E-state index in [1.807, 2.05) is 19.9 Å². The Morgan fingerprint density at radius 2 is 1.97 bits per heavy atom. The highest BCUT2D eigenvalue weighted by molar-refractivity contribution is 7.92. The Morgan fingerprint density at radius 3 is 2.63 bits per heavy atom. The number of sulfonamides is 1. The minimum Gasteiger partial charge on any atom is -0.493 e. The molecule has 0 saturated carbocycles. The molecular weight excluding hydrogens is 408 g/mol. The van der Waals surface area contributed by atoms with Crippen molar-refractivity contribution in [3.63, 3.8) is 0 Å². The van der Waals surface area contributed by atoms with Crippen LogP contribution >= 0.6 is 0 Å². The van der Waals surface area contributed by atoms with E-state index < -0.39 is 22.0 Å². The molecule has 2 aromatic carbocycles. The van der Waals surface area contributed by atoms with E-state index in [2.05, 4.69) is 5.32 Å². The lowest BCUT2D eigenvalue weighted by atomic mass is 10.2. The summed E-state index contributed by atoms with van der Waals surface area (Å²) in [5, 5.41) is 2.80. The molecule has 1 heterocycles. The number of hydrogen-bond acceptors (Lipinski definition) is 6. The molecule has 0 radical (unpaired) electrons. The normalized spacial score (nSPS) is 15.9. The zero-order chi connectivity index (χ0) is 21.9. The number of amides is 1. The van der Waals surface area contributed by atoms with Crippen molar-refractivity contribution in [2.24, 2.45) is 0 Å². The van der Waals surface area contributed by atoms with E-state index in [1.54, 1.807) is 43.5 Å². The number of hydrogen-bond donors (Lipinski definition) is 1. The van der Waals surface area contributed by atoms with E-state index in [0.717, 1.165) is 11.8 Å². The number of para-hydroxylation sites is 2. The lowest BCUT2D eigenvalue weighted by molar-refractivity contribution is -0.127. The molecule has 162 valence electrons. The summed E-state index contributed by atoms with van der Waals surface area (Å²) in [7, 11) is -2.00. The van der Waals surface area contributed by atoms with Gasteiger partial charge in [0.1, 0.15) is 5.75 Å². The maximum absolute atomic E-state index is 12.7. The number of rotatable bonds is 7. The summed E-state index contributed by atoms with van der Waals surface area (Å²) in [5.74, 6) is 1.14. The van der Waals surface area contributed by atoms with Crippen LogP contribution in [-0.2, 0) is 21.4 Å². The van der Waals surface area contributed by atoms with Crippen LogP contribution < -0.4 is 23.8 Å². The summed E-state index contributed by atoms with van der Waals surface area (Å²) in [5.41, 5.74) is 1.24. The third kappa shape index (κ3) is 4.96. The third-order valence-corrected chi connectivity index (χ3v) is 5.63. The van der Waals surface area contributed by atoms with Gasteiger partial charge in [-0.05, 0) is 43.7 Å². The van der Waals surface area contributed by atoms with Gasteiger partial charge in [0.25, 0.3) is 5.91 Å². The van der Waals surface area contributed by atoms with Gasteiger partial charge in [0.05, 0.1) is 31.7 Å². The van der Waals surface area contributed by atoms with Crippen molar-refractivity contribution in [2.45, 2.75) is 32.6 Å². The Bertz CT molecular complexity index is 1020. The average molecular weight is 435 g/mol. The van der Waals surface area contributed by atoms with Crippen LogP contribution in [0.2, 0.25) is 0 Å². The molecule has 0 aliphatic carbocycles. The molecule has 0 fully saturated rings. The maximum Gasteiger partial charge on any atom is 0.263 e. The number of methoxy groups -OCH3 is 1. The zero-order valence-electron chi connectivity index (χ0n) is 17.4. The van der Waals surface area contributed by atoms with E-state index in [0.29, 0.717) is 22.9 Å². The second-order valence-electron chi connectivity index (χ2n) is 7.24. The lowest BCUT2D eigenvalue weighted by Gasteiger charge is -2.33. The first-order valence-corrected chi connectivity index (χ1v) is 11.4. The fraction of sp³-hybridized carbons (Fsp3) is 0.381. The van der Waals surface area contributed by atoms with Crippen LogP contribution in [0.25, 0.3) is 0 Å². The molecule has 2 aromatic rings. The summed E-state index contributed by atoms with van der Waals surface area (Å²) in [6, 6.07) is 12.2. The number of ether oxygens (including phenoxy) is 3. The van der Waals surface area contributed by atoms with Crippen molar-refractivity contribution in [2.75, 3.05) is 24.2 Å². The summed E-state index contributed by atoms with van der Waals surface area (Å²) in [6.45, 7) is 4.00. The fourth-order valence-corrected chi connectivity index (χ4v) is 4.04. The van der Waals surface area contributed by atoms with Gasteiger partial charge < -0.3 is 19.5 Å². The Hall–Kier alpha value is -2.94. The van der Waals surface area contributed by atoms with Gasteiger partial charge >= 0.3 is 0 Å². The summed E-state index contributed by atoms with van der Waals surface area (Å²) < 4.78 is 42.4. The van der Waals surface area contributed by atoms with E-state index in [9.17, 15) is 13.2 Å². The fourth-order valence-electron chi connectivity index (χ4n) is 3.13. The topological polar surface area (TPSA) is 94.2 Å². The lowest BCUT2D eigenvalue weighted by Crippen LogP contribution is -2.50. The van der Waals surface area contributed by atoms with Crippen LogP contribution in [0.1, 0.15) is 19.4 Å². The summed E-state index contributed by atoms with van der Waals surface area (Å²) >= 11 is 0. The van der Waals surface area contributed by atoms with Crippen molar-refractivity contribution in [1.82, 2.24) is 5.32 Å². The molecule has 8 nitrogen and oxygen atoms in total. The minimum absolute atomic E-state index is 0.00794. The van der Waals surface area contributed by atoms with Crippen LogP contribution in [0.3, 0.4) is 0 Å². The van der Waals surface area contributed by atoms with Crippen LogP contribution in [0.5, 0.6) is 17.2 Å². The van der Waals surface area contributed by atoms with E-state index >= 15 is 0 Å². The molecule has 1 aliphatic heterocycles. The highest BCUT2D eigenvalue weighted by atomic mass is 32.2. The second-order valence-corrected chi connectivity index (χ2v) is 9.14. The Balaban J connectivity index is 1.71. The number of fused-ring (bicyclic) bond motifs is 1. The van der Waals surface area contributed by atoms with Gasteiger partial charge in [0.15, 0.2) is 17.6 Å². The predicted octanol–water partition coefficient (Wildman–Crippen LogP) is 2.33. The largest absolute Gasteiger partial charge is 0.493 e. The molecule has 1 aliphatic rings. The molecule has 3 rings (SSSR count). The van der Waals surface area contributed by atoms with Gasteiger partial charge in [-0.2, -0.15) is 0 Å². The SMILES string of the molecule is COc1cc(CNC(=O)[C@@H]2CN(S(C)(=O)=O)c3ccccc3O2)ccc1OC(C)C. The van der Waals surface area contributed by atoms with Crippen molar-refractivity contribution >= 4 is 21.6 Å². The standard InChI is InChI=1S/C21H26N2O6S/c1-14(2)28-18-10-9-15(11-19(18)27-3)12-22-21(24)20-13-23(30(4,25)26)16-7-5-6-8-17(16)29-20/h5-11,14,20H,12-13H2,1-4H3,(H,22,24)/t20-/m0/s1. The molecule has 0 bridgehead atoms. The van der Waals surface area contributed by atoms with Crippen LogP contribution in [0, 0.1) is 0 Å². The quantitative estimate of drug-likeness (QED) is 0.719. The molecule has 0 spiro atoms. The zero-order valence-corrected chi connectivity index (χ0v) is 18.2. The summed E-state index contributed by atoms with van der Waals surface area (Å²) in [6.07, 6.45) is 0.158. The van der Waals surface area contributed by atoms with Crippen LogP contribution in [0.15, 0.2) is 42.5 Å². The van der Waals surface area contributed by atoms with Crippen molar-refractivity contribution < 1.29 is 27.4 Å². The molecule has 0 saturated heterocycles. The molecular formula is C21H26N2O6S. The molecule has 1 atom stereocenters. The molecule has 1 N–H and O–H groups in total. The van der Waals surface area contributed by atoms with Gasteiger partial charge in [-0.1, -0.05) is 18.2 Å². The highest BCUT2D eigenvalue weighted by Gasteiger charge is 2.34. The van der Waals surface area contributed by atoms with E-state index in [4.69, 9.17) is 14.2 Å². The summed E-state index contributed by atoms with van der Waals surface area (Å²) in [4.78, 5) is 12.7. The first-order chi connectivity index (χ1) is 14.2. The second kappa shape index (κ2) is 8.83. The Kier molecular flexibility index (Phi) is 6.40. The number of nitrogens with one attached hydrogen (secondary N) is 1. The van der Waals surface area contributed by atoms with Crippen molar-refractivity contribution in [1.29, 1.82) is 0 Å². The van der Waals surface area contributed by atoms with Crippen molar-refractivity contribution in [3.05, 3.63) is 48.0 Å². The van der Waals surface area contributed by atoms with Gasteiger partial charge in [-0.3, -0.25) is 9.10 Å². The number of carbonyl (C=O) groups excluding carboxylic acids is 1. The molecule has 0 aromatic heterocycles. The number of carbonyl (C=O) groups is 1. The first kappa shape index (κ1) is 21.8. The average Bonchev–Trinajstić information content (AvgIpc) is 2.70. The molecule has 30 heavy (non-hydrogen) atoms. The molecule has 9 heteroatoms. The monoisotopic (exact) mass is 434 g/mol. The van der Waals surface area contributed by atoms with Gasteiger partial charge in [-0.25, -0.2) is 8.42 Å². The smallest absolute Gasteiger partial charge is 0.263 e. The molecule has 0 unspecified atom stereocenters. The Labute approximate surface area is 176 Å². The number of anilines is 1. The number of benzene rings is 2. The van der Waals surface area contributed by atoms with Gasteiger partial charge in [-0.15, -0.1) is 0 Å². The third-order valence-electron chi connectivity index (χ3n) is 4.49. The maximum atomic E-state index is 12.7. The van der Waals surface area contributed by atoms with Gasteiger partial charge in [0, 0.05) is 6.54 Å². The van der Waals surface area contributed by atoms with Crippen LogP contribution in [0.4, 0.5) is 5.69 Å². The van der Waals surface area contributed by atoms with Crippen LogP contribution in [-0.4, -0.2) is 46.4 Å². The van der Waals surface area contributed by atoms with E-state index in [-0.39, 0.29) is 19.2 Å². The first-order valence-electron chi connectivity index (χ1n) is 9.53. The van der Waals surface area contributed by atoms with Gasteiger partial charge in [0.2, 0.25) is 10.0 Å². The highest BCUT2D eigenvalue weighted by Crippen LogP contribution is 2.34. The predicted molar refractivity (Wildman–Crippen MR) is 114 cm³/mol. The minimum atomic E-state index is -3.55. The molecule has 1 amide bonds. The Morgan fingerprint density at radius 1 is 1.23 bits per heavy atom. The van der Waals surface area contributed by atoms with Crippen molar-refractivity contribution in [3.8, 4) is 17.2 Å².